The zero-order chi connectivity index (χ0) is 18.3. The van der Waals surface area contributed by atoms with Crippen molar-refractivity contribution in [1.82, 2.24) is 24.6 Å². The molecule has 1 atom stereocenters. The number of carbonyl (C=O) groups is 1. The van der Waals surface area contributed by atoms with Crippen LogP contribution in [0.4, 0.5) is 4.39 Å². The number of rotatable bonds is 4. The van der Waals surface area contributed by atoms with Crippen LogP contribution in [0.3, 0.4) is 0 Å². The third kappa shape index (κ3) is 3.69. The average Bonchev–Trinajstić information content (AvgIpc) is 3.34. The predicted molar refractivity (Wildman–Crippen MR) is 106 cm³/mol. The molecule has 6 nitrogen and oxygen atoms in total. The minimum absolute atomic E-state index is 0. The largest absolute Gasteiger partial charge is 0.331 e. The number of hydrogen-bond donors (Lipinski definition) is 1. The van der Waals surface area contributed by atoms with Crippen molar-refractivity contribution < 1.29 is 9.18 Å². The maximum atomic E-state index is 13.3. The molecule has 1 aliphatic rings. The molecule has 0 spiro atoms. The maximum Gasteiger partial charge on any atom is 0.273 e. The van der Waals surface area contributed by atoms with Crippen LogP contribution in [0.15, 0.2) is 29.9 Å². The predicted octanol–water partition coefficient (Wildman–Crippen LogP) is 3.23. The van der Waals surface area contributed by atoms with Crippen LogP contribution in [0, 0.1) is 5.82 Å². The highest BCUT2D eigenvalue weighted by Crippen LogP contribution is 2.26. The van der Waals surface area contributed by atoms with E-state index in [9.17, 15) is 9.18 Å². The Kier molecular flexibility index (Phi) is 5.78. The molecule has 0 aromatic carbocycles. The topological polar surface area (TPSA) is 62.5 Å². The number of thiazole rings is 1. The van der Waals surface area contributed by atoms with Crippen LogP contribution in [0.25, 0.3) is 16.3 Å². The highest BCUT2D eigenvalue weighted by molar-refractivity contribution is 7.13. The molecule has 1 saturated heterocycles. The number of imidazole rings is 1. The van der Waals surface area contributed by atoms with Crippen molar-refractivity contribution in [3.63, 3.8) is 0 Å². The van der Waals surface area contributed by atoms with Gasteiger partial charge < -0.3 is 10.2 Å². The number of amides is 1. The summed E-state index contributed by atoms with van der Waals surface area (Å²) in [7, 11) is 0. The van der Waals surface area contributed by atoms with E-state index >= 15 is 0 Å². The second-order valence-electron chi connectivity index (χ2n) is 6.71. The lowest BCUT2D eigenvalue weighted by atomic mass is 10.1. The first-order valence-corrected chi connectivity index (χ1v) is 9.54. The standard InChI is InChI=1S/C18H20FN5OS.ClH/c1-11(2)24(13-3-5-20-8-13)18(25)14-10-26-17(22-14)15-9-21-16-7-12(19)4-6-23(15)16;/h4,6-7,9-11,13,20H,3,5,8H2,1-2H3;1H/t13-;/m0./s1. The lowest BCUT2D eigenvalue weighted by Gasteiger charge is -2.31. The zero-order valence-corrected chi connectivity index (χ0v) is 16.7. The number of aromatic nitrogens is 3. The second kappa shape index (κ2) is 7.92. The second-order valence-corrected chi connectivity index (χ2v) is 7.57. The Morgan fingerprint density at radius 1 is 1.48 bits per heavy atom. The average molecular weight is 410 g/mol. The number of pyridine rings is 1. The number of halogens is 2. The van der Waals surface area contributed by atoms with Gasteiger partial charge in [-0.15, -0.1) is 23.7 Å². The van der Waals surface area contributed by atoms with Gasteiger partial charge in [-0.3, -0.25) is 9.20 Å². The first kappa shape index (κ1) is 19.7. The van der Waals surface area contributed by atoms with Gasteiger partial charge in [0.1, 0.15) is 27.9 Å². The van der Waals surface area contributed by atoms with Crippen molar-refractivity contribution in [3.05, 3.63) is 41.4 Å². The minimum Gasteiger partial charge on any atom is -0.331 e. The van der Waals surface area contributed by atoms with Gasteiger partial charge in [0.2, 0.25) is 0 Å². The molecule has 4 rings (SSSR count). The molecule has 144 valence electrons. The van der Waals surface area contributed by atoms with Gasteiger partial charge in [0.05, 0.1) is 6.20 Å². The summed E-state index contributed by atoms with van der Waals surface area (Å²) in [4.78, 5) is 23.7. The number of hydrogen-bond acceptors (Lipinski definition) is 5. The lowest BCUT2D eigenvalue weighted by Crippen LogP contribution is -2.46. The molecule has 4 heterocycles. The fraction of sp³-hybridized carbons (Fsp3) is 0.389. The molecule has 1 amide bonds. The van der Waals surface area contributed by atoms with E-state index < -0.39 is 0 Å². The summed E-state index contributed by atoms with van der Waals surface area (Å²) in [5.41, 5.74) is 1.72. The van der Waals surface area contributed by atoms with Crippen molar-refractivity contribution in [2.45, 2.75) is 32.4 Å². The van der Waals surface area contributed by atoms with Crippen LogP contribution in [0.5, 0.6) is 0 Å². The van der Waals surface area contributed by atoms with Crippen LogP contribution < -0.4 is 5.32 Å². The normalized spacial score (nSPS) is 16.7. The number of carbonyl (C=O) groups excluding carboxylic acids is 1. The maximum absolute atomic E-state index is 13.3. The molecule has 3 aromatic heterocycles. The summed E-state index contributed by atoms with van der Waals surface area (Å²) >= 11 is 1.40. The third-order valence-electron chi connectivity index (χ3n) is 4.64. The van der Waals surface area contributed by atoms with Crippen molar-refractivity contribution in [1.29, 1.82) is 0 Å². The fourth-order valence-electron chi connectivity index (χ4n) is 3.43. The zero-order valence-electron chi connectivity index (χ0n) is 15.1. The van der Waals surface area contributed by atoms with E-state index in [1.165, 1.54) is 23.5 Å². The molecule has 1 N–H and O–H groups in total. The first-order chi connectivity index (χ1) is 12.5. The monoisotopic (exact) mass is 409 g/mol. The molecule has 27 heavy (non-hydrogen) atoms. The highest BCUT2D eigenvalue weighted by Gasteiger charge is 2.30. The molecule has 3 aromatic rings. The van der Waals surface area contributed by atoms with Gasteiger partial charge in [0.15, 0.2) is 0 Å². The minimum atomic E-state index is -0.331. The van der Waals surface area contributed by atoms with E-state index in [1.54, 1.807) is 22.2 Å². The Hall–Kier alpha value is -2.03. The van der Waals surface area contributed by atoms with E-state index in [0.29, 0.717) is 16.3 Å². The molecule has 0 saturated carbocycles. The van der Waals surface area contributed by atoms with Gasteiger partial charge in [-0.25, -0.2) is 14.4 Å². The molecule has 1 aliphatic heterocycles. The number of nitrogens with one attached hydrogen (secondary N) is 1. The summed E-state index contributed by atoms with van der Waals surface area (Å²) in [6, 6.07) is 3.06. The van der Waals surface area contributed by atoms with E-state index in [-0.39, 0.29) is 36.2 Å². The summed E-state index contributed by atoms with van der Waals surface area (Å²) in [5.74, 6) is -0.376. The van der Waals surface area contributed by atoms with Crippen LogP contribution in [-0.2, 0) is 0 Å². The quantitative estimate of drug-likeness (QED) is 0.718. The van der Waals surface area contributed by atoms with Crippen molar-refractivity contribution in [2.24, 2.45) is 0 Å². The van der Waals surface area contributed by atoms with Crippen molar-refractivity contribution in [2.75, 3.05) is 13.1 Å². The third-order valence-corrected chi connectivity index (χ3v) is 5.50. The molecule has 0 bridgehead atoms. The fourth-order valence-corrected chi connectivity index (χ4v) is 4.23. The van der Waals surface area contributed by atoms with Crippen LogP contribution in [-0.4, -0.2) is 50.3 Å². The molecule has 0 unspecified atom stereocenters. The molecule has 0 radical (unpaired) electrons. The van der Waals surface area contributed by atoms with E-state index in [1.807, 2.05) is 18.7 Å². The van der Waals surface area contributed by atoms with Crippen molar-refractivity contribution in [3.8, 4) is 10.7 Å². The highest BCUT2D eigenvalue weighted by atomic mass is 35.5. The van der Waals surface area contributed by atoms with E-state index in [4.69, 9.17) is 0 Å². The Balaban J connectivity index is 0.00000210. The van der Waals surface area contributed by atoms with E-state index in [2.05, 4.69) is 15.3 Å². The summed E-state index contributed by atoms with van der Waals surface area (Å²) in [6.07, 6.45) is 4.24. The summed E-state index contributed by atoms with van der Waals surface area (Å²) < 4.78 is 15.1. The first-order valence-electron chi connectivity index (χ1n) is 8.66. The number of nitrogens with zero attached hydrogens (tertiary/aromatic N) is 4. The van der Waals surface area contributed by atoms with Gasteiger partial charge in [-0.05, 0) is 32.9 Å². The summed E-state index contributed by atoms with van der Waals surface area (Å²) in [6.45, 7) is 5.81. The molecular formula is C18H21ClFN5OS. The molecular weight excluding hydrogens is 389 g/mol. The Morgan fingerprint density at radius 2 is 2.30 bits per heavy atom. The van der Waals surface area contributed by atoms with Crippen LogP contribution in [0.2, 0.25) is 0 Å². The Bertz CT molecular complexity index is 950. The van der Waals surface area contributed by atoms with Gasteiger partial charge in [-0.2, -0.15) is 0 Å². The van der Waals surface area contributed by atoms with Gasteiger partial charge in [0, 0.05) is 36.3 Å². The molecule has 0 aliphatic carbocycles. The Morgan fingerprint density at radius 3 is 3.00 bits per heavy atom. The van der Waals surface area contributed by atoms with E-state index in [0.717, 1.165) is 25.2 Å². The van der Waals surface area contributed by atoms with Crippen LogP contribution in [0.1, 0.15) is 30.8 Å². The van der Waals surface area contributed by atoms with Gasteiger partial charge in [-0.1, -0.05) is 0 Å². The van der Waals surface area contributed by atoms with Crippen LogP contribution >= 0.6 is 23.7 Å². The number of fused-ring (bicyclic) bond motifs is 1. The van der Waals surface area contributed by atoms with Crippen molar-refractivity contribution >= 4 is 35.3 Å². The van der Waals surface area contributed by atoms with Gasteiger partial charge >= 0.3 is 0 Å². The lowest BCUT2D eigenvalue weighted by molar-refractivity contribution is 0.0621. The van der Waals surface area contributed by atoms with Gasteiger partial charge in [0.25, 0.3) is 5.91 Å². The molecule has 1 fully saturated rings. The molecule has 9 heteroatoms. The SMILES string of the molecule is CC(C)N(C(=O)c1csc(-c2cnc3cc(F)ccn23)n1)[C@H]1CCNC1.Cl. The smallest absolute Gasteiger partial charge is 0.273 e. The summed E-state index contributed by atoms with van der Waals surface area (Å²) in [5, 5.41) is 5.80. The Labute approximate surface area is 166 Å².